The molecule has 0 aliphatic heterocycles. The SMILES string of the molecule is Cc1cccc(NC(C)C(=O)NCc2ccco2)c1C. The molecule has 0 spiro atoms. The molecule has 1 amide bonds. The minimum atomic E-state index is -0.300. The minimum Gasteiger partial charge on any atom is -0.467 e. The second kappa shape index (κ2) is 6.28. The number of rotatable bonds is 5. The number of hydrogen-bond acceptors (Lipinski definition) is 3. The minimum absolute atomic E-state index is 0.0534. The maximum atomic E-state index is 12.0. The molecule has 0 aliphatic carbocycles. The van der Waals surface area contributed by atoms with Crippen molar-refractivity contribution in [3.05, 3.63) is 53.5 Å². The number of hydrogen-bond donors (Lipinski definition) is 2. The van der Waals surface area contributed by atoms with E-state index < -0.39 is 0 Å². The molecule has 20 heavy (non-hydrogen) atoms. The third-order valence-corrected chi connectivity index (χ3v) is 3.39. The maximum Gasteiger partial charge on any atom is 0.242 e. The fourth-order valence-electron chi connectivity index (χ4n) is 1.95. The Morgan fingerprint density at radius 1 is 1.25 bits per heavy atom. The van der Waals surface area contributed by atoms with Gasteiger partial charge in [-0.05, 0) is 50.1 Å². The van der Waals surface area contributed by atoms with E-state index in [-0.39, 0.29) is 11.9 Å². The summed E-state index contributed by atoms with van der Waals surface area (Å²) in [6, 6.07) is 9.37. The first-order valence-electron chi connectivity index (χ1n) is 6.71. The van der Waals surface area contributed by atoms with Crippen molar-refractivity contribution in [3.63, 3.8) is 0 Å². The summed E-state index contributed by atoms with van der Waals surface area (Å²) in [5.74, 6) is 0.694. The second-order valence-corrected chi connectivity index (χ2v) is 4.91. The molecule has 1 aromatic carbocycles. The molecule has 0 fully saturated rings. The molecule has 2 aromatic rings. The molecule has 0 radical (unpaired) electrons. The predicted octanol–water partition coefficient (Wildman–Crippen LogP) is 3.01. The average Bonchev–Trinajstić information content (AvgIpc) is 2.94. The Morgan fingerprint density at radius 2 is 2.05 bits per heavy atom. The summed E-state index contributed by atoms with van der Waals surface area (Å²) in [5.41, 5.74) is 3.36. The molecule has 4 nitrogen and oxygen atoms in total. The summed E-state index contributed by atoms with van der Waals surface area (Å²) in [4.78, 5) is 12.0. The van der Waals surface area contributed by atoms with Crippen molar-refractivity contribution in [2.24, 2.45) is 0 Å². The normalized spacial score (nSPS) is 11.9. The molecular weight excluding hydrogens is 252 g/mol. The third-order valence-electron chi connectivity index (χ3n) is 3.39. The van der Waals surface area contributed by atoms with Gasteiger partial charge in [-0.3, -0.25) is 4.79 Å². The van der Waals surface area contributed by atoms with Crippen LogP contribution in [0.2, 0.25) is 0 Å². The van der Waals surface area contributed by atoms with Crippen LogP contribution in [0.25, 0.3) is 0 Å². The van der Waals surface area contributed by atoms with Crippen LogP contribution < -0.4 is 10.6 Å². The van der Waals surface area contributed by atoms with Crippen LogP contribution >= 0.6 is 0 Å². The lowest BCUT2D eigenvalue weighted by Crippen LogP contribution is -2.37. The molecular formula is C16H20N2O2. The van der Waals surface area contributed by atoms with Gasteiger partial charge >= 0.3 is 0 Å². The summed E-state index contributed by atoms with van der Waals surface area (Å²) in [6.45, 7) is 6.36. The van der Waals surface area contributed by atoms with Gasteiger partial charge < -0.3 is 15.1 Å². The zero-order valence-electron chi connectivity index (χ0n) is 12.1. The van der Waals surface area contributed by atoms with Crippen LogP contribution in [0.5, 0.6) is 0 Å². The van der Waals surface area contributed by atoms with E-state index in [2.05, 4.69) is 23.6 Å². The smallest absolute Gasteiger partial charge is 0.242 e. The van der Waals surface area contributed by atoms with Gasteiger partial charge in [0.05, 0.1) is 12.8 Å². The molecule has 106 valence electrons. The molecule has 1 atom stereocenters. The summed E-state index contributed by atoms with van der Waals surface area (Å²) in [6.07, 6.45) is 1.60. The fourth-order valence-corrected chi connectivity index (χ4v) is 1.95. The second-order valence-electron chi connectivity index (χ2n) is 4.91. The molecule has 1 aromatic heterocycles. The number of furan rings is 1. The van der Waals surface area contributed by atoms with E-state index in [1.165, 1.54) is 5.56 Å². The summed E-state index contributed by atoms with van der Waals surface area (Å²) in [5, 5.41) is 6.08. The number of benzene rings is 1. The molecule has 0 aliphatic rings. The van der Waals surface area contributed by atoms with Gasteiger partial charge in [0, 0.05) is 5.69 Å². The average molecular weight is 272 g/mol. The van der Waals surface area contributed by atoms with Gasteiger partial charge in [-0.1, -0.05) is 12.1 Å². The predicted molar refractivity (Wildman–Crippen MR) is 79.6 cm³/mol. The van der Waals surface area contributed by atoms with E-state index in [1.54, 1.807) is 12.3 Å². The van der Waals surface area contributed by atoms with Gasteiger partial charge in [-0.2, -0.15) is 0 Å². The van der Waals surface area contributed by atoms with Gasteiger partial charge in [-0.15, -0.1) is 0 Å². The number of amides is 1. The number of nitrogens with one attached hydrogen (secondary N) is 2. The highest BCUT2D eigenvalue weighted by Crippen LogP contribution is 2.18. The van der Waals surface area contributed by atoms with Gasteiger partial charge in [0.2, 0.25) is 5.91 Å². The van der Waals surface area contributed by atoms with Crippen molar-refractivity contribution in [1.82, 2.24) is 5.32 Å². The van der Waals surface area contributed by atoms with Crippen molar-refractivity contribution >= 4 is 11.6 Å². The van der Waals surface area contributed by atoms with E-state index in [0.29, 0.717) is 6.54 Å². The quantitative estimate of drug-likeness (QED) is 0.879. The van der Waals surface area contributed by atoms with Gasteiger partial charge in [0.25, 0.3) is 0 Å². The van der Waals surface area contributed by atoms with E-state index >= 15 is 0 Å². The zero-order chi connectivity index (χ0) is 14.5. The van der Waals surface area contributed by atoms with Crippen LogP contribution in [0.1, 0.15) is 23.8 Å². The standard InChI is InChI=1S/C16H20N2O2/c1-11-6-4-8-15(12(11)2)18-13(3)16(19)17-10-14-7-5-9-20-14/h4-9,13,18H,10H2,1-3H3,(H,17,19). The Balaban J connectivity index is 1.92. The topological polar surface area (TPSA) is 54.3 Å². The lowest BCUT2D eigenvalue weighted by atomic mass is 10.1. The Labute approximate surface area is 119 Å². The van der Waals surface area contributed by atoms with E-state index in [1.807, 2.05) is 32.0 Å². The van der Waals surface area contributed by atoms with Gasteiger partial charge in [-0.25, -0.2) is 0 Å². The summed E-state index contributed by atoms with van der Waals surface area (Å²) in [7, 11) is 0. The Bertz CT molecular complexity index is 576. The molecule has 4 heteroatoms. The highest BCUT2D eigenvalue weighted by Gasteiger charge is 2.13. The Morgan fingerprint density at radius 3 is 2.75 bits per heavy atom. The van der Waals surface area contributed by atoms with Crippen LogP contribution in [-0.2, 0) is 11.3 Å². The van der Waals surface area contributed by atoms with E-state index in [4.69, 9.17) is 4.42 Å². The van der Waals surface area contributed by atoms with Crippen molar-refractivity contribution in [2.45, 2.75) is 33.4 Å². The maximum absolute atomic E-state index is 12.0. The van der Waals surface area contributed by atoms with Crippen molar-refractivity contribution in [2.75, 3.05) is 5.32 Å². The van der Waals surface area contributed by atoms with Crippen LogP contribution in [0, 0.1) is 13.8 Å². The molecule has 0 saturated carbocycles. The van der Waals surface area contributed by atoms with E-state index in [9.17, 15) is 4.79 Å². The zero-order valence-corrected chi connectivity index (χ0v) is 12.1. The Hall–Kier alpha value is -2.23. The molecule has 2 N–H and O–H groups in total. The lowest BCUT2D eigenvalue weighted by molar-refractivity contribution is -0.121. The lowest BCUT2D eigenvalue weighted by Gasteiger charge is -2.17. The van der Waals surface area contributed by atoms with Gasteiger partial charge in [0.1, 0.15) is 11.8 Å². The van der Waals surface area contributed by atoms with Crippen LogP contribution in [0.3, 0.4) is 0 Å². The molecule has 1 heterocycles. The highest BCUT2D eigenvalue weighted by atomic mass is 16.3. The van der Waals surface area contributed by atoms with Crippen molar-refractivity contribution < 1.29 is 9.21 Å². The number of anilines is 1. The van der Waals surface area contributed by atoms with E-state index in [0.717, 1.165) is 17.0 Å². The Kier molecular flexibility index (Phi) is 4.45. The van der Waals surface area contributed by atoms with Crippen LogP contribution in [0.4, 0.5) is 5.69 Å². The largest absolute Gasteiger partial charge is 0.467 e. The highest BCUT2D eigenvalue weighted by molar-refractivity contribution is 5.84. The number of carbonyl (C=O) groups excluding carboxylic acids is 1. The first-order chi connectivity index (χ1) is 9.58. The van der Waals surface area contributed by atoms with Crippen LogP contribution in [-0.4, -0.2) is 11.9 Å². The van der Waals surface area contributed by atoms with Crippen molar-refractivity contribution in [3.8, 4) is 0 Å². The first-order valence-corrected chi connectivity index (χ1v) is 6.71. The molecule has 0 bridgehead atoms. The number of aryl methyl sites for hydroxylation is 1. The van der Waals surface area contributed by atoms with Crippen LogP contribution in [0.15, 0.2) is 41.0 Å². The molecule has 1 unspecified atom stereocenters. The third kappa shape index (κ3) is 3.41. The number of carbonyl (C=O) groups is 1. The summed E-state index contributed by atoms with van der Waals surface area (Å²) >= 11 is 0. The fraction of sp³-hybridized carbons (Fsp3) is 0.312. The molecule has 0 saturated heterocycles. The monoisotopic (exact) mass is 272 g/mol. The van der Waals surface area contributed by atoms with Gasteiger partial charge in [0.15, 0.2) is 0 Å². The van der Waals surface area contributed by atoms with Crippen molar-refractivity contribution in [1.29, 1.82) is 0 Å². The summed E-state index contributed by atoms with van der Waals surface area (Å²) < 4.78 is 5.18. The molecule has 2 rings (SSSR count). The first kappa shape index (κ1) is 14.2.